The van der Waals surface area contributed by atoms with E-state index < -0.39 is 0 Å². The Labute approximate surface area is 76.2 Å². The lowest BCUT2D eigenvalue weighted by atomic mass is 10.1. The molecule has 0 saturated heterocycles. The second kappa shape index (κ2) is 2.91. The Hall–Kier alpha value is -1.82. The molecule has 3 nitrogen and oxygen atoms in total. The van der Waals surface area contributed by atoms with Crippen LogP contribution in [0.25, 0.3) is 10.9 Å². The van der Waals surface area contributed by atoms with E-state index in [9.17, 15) is 0 Å². The zero-order valence-corrected chi connectivity index (χ0v) is 7.36. The average Bonchev–Trinajstić information content (AvgIpc) is 2.49. The summed E-state index contributed by atoms with van der Waals surface area (Å²) in [4.78, 5) is 0. The van der Waals surface area contributed by atoms with Gasteiger partial charge in [0.1, 0.15) is 0 Å². The second-order valence-electron chi connectivity index (χ2n) is 3.00. The molecular formula is C10H9N3. The van der Waals surface area contributed by atoms with Crippen molar-refractivity contribution in [2.24, 2.45) is 7.05 Å². The number of nitriles is 1. The van der Waals surface area contributed by atoms with Crippen LogP contribution in [0.2, 0.25) is 0 Å². The molecule has 0 fully saturated rings. The summed E-state index contributed by atoms with van der Waals surface area (Å²) in [5, 5.41) is 13.8. The van der Waals surface area contributed by atoms with Crippen LogP contribution in [0.1, 0.15) is 5.56 Å². The SMILES string of the molecule is Cn1ncc2ccc(CC#N)cc21. The number of aryl methyl sites for hydroxylation is 1. The van der Waals surface area contributed by atoms with Gasteiger partial charge in [-0.3, -0.25) is 4.68 Å². The van der Waals surface area contributed by atoms with Crippen molar-refractivity contribution in [3.63, 3.8) is 0 Å². The van der Waals surface area contributed by atoms with E-state index in [-0.39, 0.29) is 0 Å². The van der Waals surface area contributed by atoms with Gasteiger partial charge in [0.2, 0.25) is 0 Å². The number of fused-ring (bicyclic) bond motifs is 1. The lowest BCUT2D eigenvalue weighted by Gasteiger charge is -1.96. The molecule has 0 spiro atoms. The Bertz CT molecular complexity index is 476. The molecular weight excluding hydrogens is 162 g/mol. The molecule has 0 N–H and O–H groups in total. The number of nitrogens with zero attached hydrogens (tertiary/aromatic N) is 3. The molecule has 2 rings (SSSR count). The normalized spacial score (nSPS) is 10.2. The third kappa shape index (κ3) is 1.27. The van der Waals surface area contributed by atoms with E-state index in [1.165, 1.54) is 0 Å². The first kappa shape index (κ1) is 7.81. The van der Waals surface area contributed by atoms with Crippen molar-refractivity contribution >= 4 is 10.9 Å². The zero-order chi connectivity index (χ0) is 9.26. The number of rotatable bonds is 1. The molecule has 2 aromatic rings. The highest BCUT2D eigenvalue weighted by Gasteiger charge is 1.99. The summed E-state index contributed by atoms with van der Waals surface area (Å²) in [5.41, 5.74) is 2.12. The van der Waals surface area contributed by atoms with Crippen LogP contribution < -0.4 is 0 Å². The van der Waals surface area contributed by atoms with Gasteiger partial charge in [-0.25, -0.2) is 0 Å². The van der Waals surface area contributed by atoms with E-state index in [0.29, 0.717) is 6.42 Å². The fraction of sp³-hybridized carbons (Fsp3) is 0.200. The van der Waals surface area contributed by atoms with Crippen molar-refractivity contribution in [2.45, 2.75) is 6.42 Å². The maximum Gasteiger partial charge on any atom is 0.0682 e. The maximum absolute atomic E-state index is 8.54. The van der Waals surface area contributed by atoms with Crippen molar-refractivity contribution in [1.82, 2.24) is 9.78 Å². The Morgan fingerprint density at radius 2 is 2.38 bits per heavy atom. The molecule has 0 aliphatic heterocycles. The predicted molar refractivity (Wildman–Crippen MR) is 50.0 cm³/mol. The Morgan fingerprint density at radius 1 is 1.54 bits per heavy atom. The molecule has 0 aliphatic rings. The molecule has 3 heteroatoms. The number of aromatic nitrogens is 2. The summed E-state index contributed by atoms with van der Waals surface area (Å²) in [7, 11) is 1.90. The Balaban J connectivity index is 2.60. The van der Waals surface area contributed by atoms with Crippen molar-refractivity contribution in [1.29, 1.82) is 5.26 Å². The van der Waals surface area contributed by atoms with Crippen LogP contribution in [-0.2, 0) is 13.5 Å². The van der Waals surface area contributed by atoms with Gasteiger partial charge in [0.25, 0.3) is 0 Å². The number of benzene rings is 1. The van der Waals surface area contributed by atoms with Gasteiger partial charge in [-0.1, -0.05) is 12.1 Å². The molecule has 13 heavy (non-hydrogen) atoms. The average molecular weight is 171 g/mol. The first-order valence-corrected chi connectivity index (χ1v) is 4.09. The lowest BCUT2D eigenvalue weighted by Crippen LogP contribution is -1.89. The van der Waals surface area contributed by atoms with Crippen LogP contribution in [0.5, 0.6) is 0 Å². The van der Waals surface area contributed by atoms with Crippen LogP contribution in [0.15, 0.2) is 24.4 Å². The number of hydrogen-bond donors (Lipinski definition) is 0. The summed E-state index contributed by atoms with van der Waals surface area (Å²) < 4.78 is 1.82. The van der Waals surface area contributed by atoms with E-state index in [2.05, 4.69) is 11.2 Å². The van der Waals surface area contributed by atoms with Crippen LogP contribution in [0.3, 0.4) is 0 Å². The van der Waals surface area contributed by atoms with E-state index in [0.717, 1.165) is 16.5 Å². The highest BCUT2D eigenvalue weighted by Crippen LogP contribution is 2.14. The van der Waals surface area contributed by atoms with Crippen LogP contribution >= 0.6 is 0 Å². The molecule has 1 heterocycles. The molecule has 0 saturated carbocycles. The predicted octanol–water partition coefficient (Wildman–Crippen LogP) is 1.64. The van der Waals surface area contributed by atoms with Gasteiger partial charge in [-0.2, -0.15) is 10.4 Å². The quantitative estimate of drug-likeness (QED) is 0.654. The van der Waals surface area contributed by atoms with Crippen LogP contribution in [0, 0.1) is 11.3 Å². The zero-order valence-electron chi connectivity index (χ0n) is 7.36. The topological polar surface area (TPSA) is 41.6 Å². The molecule has 1 aromatic carbocycles. The minimum absolute atomic E-state index is 0.459. The van der Waals surface area contributed by atoms with Crippen molar-refractivity contribution in [3.05, 3.63) is 30.0 Å². The lowest BCUT2D eigenvalue weighted by molar-refractivity contribution is 0.796. The van der Waals surface area contributed by atoms with E-state index in [1.54, 1.807) is 0 Å². The van der Waals surface area contributed by atoms with Gasteiger partial charge in [-0.15, -0.1) is 0 Å². The minimum atomic E-state index is 0.459. The van der Waals surface area contributed by atoms with Crippen LogP contribution in [0.4, 0.5) is 0 Å². The number of hydrogen-bond acceptors (Lipinski definition) is 2. The summed E-state index contributed by atoms with van der Waals surface area (Å²) in [6.07, 6.45) is 2.28. The van der Waals surface area contributed by atoms with Gasteiger partial charge in [0.15, 0.2) is 0 Å². The third-order valence-corrected chi connectivity index (χ3v) is 2.10. The molecule has 0 atom stereocenters. The fourth-order valence-electron chi connectivity index (χ4n) is 1.39. The second-order valence-corrected chi connectivity index (χ2v) is 3.00. The highest BCUT2D eigenvalue weighted by atomic mass is 15.2. The molecule has 0 radical (unpaired) electrons. The molecule has 1 aromatic heterocycles. The van der Waals surface area contributed by atoms with Gasteiger partial charge < -0.3 is 0 Å². The minimum Gasteiger partial charge on any atom is -0.268 e. The molecule has 0 amide bonds. The summed E-state index contributed by atoms with van der Waals surface area (Å²) in [5.74, 6) is 0. The van der Waals surface area contributed by atoms with Crippen molar-refractivity contribution < 1.29 is 0 Å². The maximum atomic E-state index is 8.54. The van der Waals surface area contributed by atoms with Gasteiger partial charge >= 0.3 is 0 Å². The first-order valence-electron chi connectivity index (χ1n) is 4.09. The summed E-state index contributed by atoms with van der Waals surface area (Å²) in [6, 6.07) is 8.10. The Kier molecular flexibility index (Phi) is 1.75. The Morgan fingerprint density at radius 3 is 3.15 bits per heavy atom. The smallest absolute Gasteiger partial charge is 0.0682 e. The van der Waals surface area contributed by atoms with E-state index in [1.807, 2.05) is 36.1 Å². The molecule has 0 aliphatic carbocycles. The first-order chi connectivity index (χ1) is 6.31. The summed E-state index contributed by atoms with van der Waals surface area (Å²) >= 11 is 0. The van der Waals surface area contributed by atoms with E-state index >= 15 is 0 Å². The van der Waals surface area contributed by atoms with Crippen LogP contribution in [-0.4, -0.2) is 9.78 Å². The third-order valence-electron chi connectivity index (χ3n) is 2.10. The molecule has 0 unspecified atom stereocenters. The van der Waals surface area contributed by atoms with Gasteiger partial charge in [0.05, 0.1) is 24.2 Å². The monoisotopic (exact) mass is 171 g/mol. The highest BCUT2D eigenvalue weighted by molar-refractivity contribution is 5.79. The van der Waals surface area contributed by atoms with E-state index in [4.69, 9.17) is 5.26 Å². The van der Waals surface area contributed by atoms with Gasteiger partial charge in [0, 0.05) is 12.4 Å². The fourth-order valence-corrected chi connectivity index (χ4v) is 1.39. The molecule has 0 bridgehead atoms. The summed E-state index contributed by atoms with van der Waals surface area (Å²) in [6.45, 7) is 0. The molecule has 64 valence electrons. The largest absolute Gasteiger partial charge is 0.268 e. The standard InChI is InChI=1S/C10H9N3/c1-13-10-6-8(4-5-11)2-3-9(10)7-12-13/h2-3,6-7H,4H2,1H3. The van der Waals surface area contributed by atoms with Crippen molar-refractivity contribution in [3.8, 4) is 6.07 Å². The van der Waals surface area contributed by atoms with Gasteiger partial charge in [-0.05, 0) is 11.6 Å². The van der Waals surface area contributed by atoms with Crippen molar-refractivity contribution in [2.75, 3.05) is 0 Å².